The maximum absolute atomic E-state index is 13.9. The van der Waals surface area contributed by atoms with Gasteiger partial charge < -0.3 is 10.2 Å². The molecule has 0 aliphatic rings. The summed E-state index contributed by atoms with van der Waals surface area (Å²) in [5.74, 6) is -0.159. The van der Waals surface area contributed by atoms with Crippen molar-refractivity contribution in [1.82, 2.24) is 5.32 Å². The highest BCUT2D eigenvalue weighted by atomic mass is 19.1. The van der Waals surface area contributed by atoms with Gasteiger partial charge in [-0.2, -0.15) is 0 Å². The number of nitrogens with zero attached hydrogens (tertiary/aromatic N) is 1. The quantitative estimate of drug-likeness (QED) is 0.890. The van der Waals surface area contributed by atoms with Crippen molar-refractivity contribution < 1.29 is 4.39 Å². The second kappa shape index (κ2) is 6.27. The van der Waals surface area contributed by atoms with Gasteiger partial charge in [-0.3, -0.25) is 0 Å². The van der Waals surface area contributed by atoms with Crippen molar-refractivity contribution in [2.24, 2.45) is 0 Å². The maximum Gasteiger partial charge on any atom is 0.126 e. The first-order valence-corrected chi connectivity index (χ1v) is 7.21. The lowest BCUT2D eigenvalue weighted by Crippen LogP contribution is -2.19. The van der Waals surface area contributed by atoms with Crippen LogP contribution in [0, 0.1) is 19.7 Å². The van der Waals surface area contributed by atoms with E-state index in [1.807, 2.05) is 27.1 Å². The summed E-state index contributed by atoms with van der Waals surface area (Å²) < 4.78 is 13.9. The normalized spacial score (nSPS) is 12.3. The molecule has 2 aromatic carbocycles. The summed E-state index contributed by atoms with van der Waals surface area (Å²) in [5.41, 5.74) is 4.97. The first-order chi connectivity index (χ1) is 9.93. The molecule has 2 nitrogen and oxygen atoms in total. The molecule has 2 rings (SSSR count). The van der Waals surface area contributed by atoms with Crippen molar-refractivity contribution >= 4 is 11.4 Å². The Labute approximate surface area is 126 Å². The summed E-state index contributed by atoms with van der Waals surface area (Å²) in [6, 6.07) is 12.0. The fourth-order valence-electron chi connectivity index (χ4n) is 2.38. The Balaban J connectivity index is 2.50. The highest BCUT2D eigenvalue weighted by Crippen LogP contribution is 2.33. The molecule has 0 aliphatic heterocycles. The molecule has 3 heteroatoms. The van der Waals surface area contributed by atoms with Crippen molar-refractivity contribution in [3.8, 4) is 0 Å². The number of rotatable bonds is 4. The topological polar surface area (TPSA) is 15.3 Å². The van der Waals surface area contributed by atoms with E-state index in [1.54, 1.807) is 13.0 Å². The van der Waals surface area contributed by atoms with Crippen LogP contribution in [0.1, 0.15) is 29.7 Å². The number of nitrogens with one attached hydrogen (secondary N) is 1. The largest absolute Gasteiger partial charge is 0.344 e. The van der Waals surface area contributed by atoms with Crippen LogP contribution in [0.2, 0.25) is 0 Å². The van der Waals surface area contributed by atoms with E-state index in [-0.39, 0.29) is 11.9 Å². The lowest BCUT2D eigenvalue weighted by molar-refractivity contribution is 0.601. The van der Waals surface area contributed by atoms with Gasteiger partial charge in [0.1, 0.15) is 5.82 Å². The molecular weight excluding hydrogens is 263 g/mol. The lowest BCUT2D eigenvalue weighted by atomic mass is 10.0. The molecule has 112 valence electrons. The Morgan fingerprint density at radius 3 is 2.29 bits per heavy atom. The zero-order valence-corrected chi connectivity index (χ0v) is 13.4. The lowest BCUT2D eigenvalue weighted by Gasteiger charge is -2.26. The molecule has 0 amide bonds. The van der Waals surface area contributed by atoms with E-state index in [1.165, 1.54) is 5.56 Å². The van der Waals surface area contributed by atoms with E-state index >= 15 is 0 Å². The van der Waals surface area contributed by atoms with Gasteiger partial charge in [-0.15, -0.1) is 0 Å². The number of hydrogen-bond acceptors (Lipinski definition) is 2. The van der Waals surface area contributed by atoms with E-state index in [4.69, 9.17) is 0 Å². The van der Waals surface area contributed by atoms with Crippen LogP contribution in [-0.2, 0) is 0 Å². The molecule has 1 N–H and O–H groups in total. The van der Waals surface area contributed by atoms with Crippen LogP contribution in [0.15, 0.2) is 36.4 Å². The van der Waals surface area contributed by atoms with Gasteiger partial charge >= 0.3 is 0 Å². The third-order valence-electron chi connectivity index (χ3n) is 3.99. The van der Waals surface area contributed by atoms with Crippen LogP contribution in [0.4, 0.5) is 15.8 Å². The molecule has 0 heterocycles. The van der Waals surface area contributed by atoms with Gasteiger partial charge in [0.05, 0.1) is 0 Å². The third kappa shape index (κ3) is 3.24. The highest BCUT2D eigenvalue weighted by molar-refractivity contribution is 5.67. The Morgan fingerprint density at radius 2 is 1.71 bits per heavy atom. The zero-order valence-electron chi connectivity index (χ0n) is 13.4. The standard InChI is InChI=1S/C18H23FN2/c1-12-6-8-15(9-7-12)21(5)18-10-13(2)17(19)11-16(18)14(3)20-4/h6-11,14,20H,1-5H3. The number of aryl methyl sites for hydroxylation is 2. The SMILES string of the molecule is CNC(C)c1cc(F)c(C)cc1N(C)c1ccc(C)cc1. The molecule has 2 aromatic rings. The maximum atomic E-state index is 13.9. The molecule has 0 fully saturated rings. The first-order valence-electron chi connectivity index (χ1n) is 7.21. The van der Waals surface area contributed by atoms with Crippen LogP contribution in [0.25, 0.3) is 0 Å². The fourth-order valence-corrected chi connectivity index (χ4v) is 2.38. The first kappa shape index (κ1) is 15.5. The Morgan fingerprint density at radius 1 is 1.10 bits per heavy atom. The van der Waals surface area contributed by atoms with E-state index in [0.29, 0.717) is 5.56 Å². The fraction of sp³-hybridized carbons (Fsp3) is 0.333. The van der Waals surface area contributed by atoms with Crippen molar-refractivity contribution in [2.45, 2.75) is 26.8 Å². The Kier molecular flexibility index (Phi) is 4.63. The molecule has 0 saturated heterocycles. The second-order valence-corrected chi connectivity index (χ2v) is 5.57. The van der Waals surface area contributed by atoms with Gasteiger partial charge in [0.2, 0.25) is 0 Å². The summed E-state index contributed by atoms with van der Waals surface area (Å²) in [6.45, 7) is 5.91. The zero-order chi connectivity index (χ0) is 15.6. The van der Waals surface area contributed by atoms with Gasteiger partial charge in [-0.25, -0.2) is 4.39 Å². The molecular formula is C18H23FN2. The van der Waals surface area contributed by atoms with Crippen LogP contribution >= 0.6 is 0 Å². The van der Waals surface area contributed by atoms with Crippen LogP contribution in [-0.4, -0.2) is 14.1 Å². The smallest absolute Gasteiger partial charge is 0.126 e. The van der Waals surface area contributed by atoms with Crippen molar-refractivity contribution in [3.05, 3.63) is 58.9 Å². The second-order valence-electron chi connectivity index (χ2n) is 5.57. The minimum absolute atomic E-state index is 0.0861. The van der Waals surface area contributed by atoms with Crippen LogP contribution in [0.5, 0.6) is 0 Å². The average molecular weight is 286 g/mol. The molecule has 1 atom stereocenters. The van der Waals surface area contributed by atoms with Crippen molar-refractivity contribution in [3.63, 3.8) is 0 Å². The summed E-state index contributed by atoms with van der Waals surface area (Å²) in [4.78, 5) is 2.11. The monoisotopic (exact) mass is 286 g/mol. The van der Waals surface area contributed by atoms with Gasteiger partial charge in [-0.05, 0) is 63.2 Å². The van der Waals surface area contributed by atoms with E-state index < -0.39 is 0 Å². The molecule has 21 heavy (non-hydrogen) atoms. The predicted molar refractivity (Wildman–Crippen MR) is 87.9 cm³/mol. The van der Waals surface area contributed by atoms with E-state index in [0.717, 1.165) is 16.9 Å². The van der Waals surface area contributed by atoms with Gasteiger partial charge in [-0.1, -0.05) is 17.7 Å². The molecule has 0 radical (unpaired) electrons. The molecule has 0 saturated carbocycles. The summed E-state index contributed by atoms with van der Waals surface area (Å²) in [6.07, 6.45) is 0. The third-order valence-corrected chi connectivity index (χ3v) is 3.99. The number of halogens is 1. The van der Waals surface area contributed by atoms with E-state index in [2.05, 4.69) is 41.4 Å². The van der Waals surface area contributed by atoms with Gasteiger partial charge in [0, 0.05) is 24.5 Å². The Bertz CT molecular complexity index is 620. The number of anilines is 2. The molecule has 0 aliphatic carbocycles. The number of hydrogen-bond donors (Lipinski definition) is 1. The highest BCUT2D eigenvalue weighted by Gasteiger charge is 2.16. The van der Waals surface area contributed by atoms with Gasteiger partial charge in [0.25, 0.3) is 0 Å². The summed E-state index contributed by atoms with van der Waals surface area (Å²) in [5, 5.41) is 3.19. The molecule has 0 aromatic heterocycles. The average Bonchev–Trinajstić information content (AvgIpc) is 2.48. The minimum atomic E-state index is -0.159. The number of benzene rings is 2. The predicted octanol–water partition coefficient (Wildman–Crippen LogP) is 4.49. The molecule has 1 unspecified atom stereocenters. The van der Waals surface area contributed by atoms with Crippen molar-refractivity contribution in [1.29, 1.82) is 0 Å². The van der Waals surface area contributed by atoms with Crippen LogP contribution < -0.4 is 10.2 Å². The van der Waals surface area contributed by atoms with E-state index in [9.17, 15) is 4.39 Å². The Hall–Kier alpha value is -1.87. The summed E-state index contributed by atoms with van der Waals surface area (Å²) in [7, 11) is 3.90. The molecule has 0 spiro atoms. The minimum Gasteiger partial charge on any atom is -0.344 e. The van der Waals surface area contributed by atoms with Crippen LogP contribution in [0.3, 0.4) is 0 Å². The molecule has 0 bridgehead atoms. The van der Waals surface area contributed by atoms with Gasteiger partial charge in [0.15, 0.2) is 0 Å². The van der Waals surface area contributed by atoms with Crippen molar-refractivity contribution in [2.75, 3.05) is 19.0 Å². The summed E-state index contributed by atoms with van der Waals surface area (Å²) >= 11 is 0.